The number of benzene rings is 1. The van der Waals surface area contributed by atoms with Crippen molar-refractivity contribution in [3.8, 4) is 0 Å². The number of alkyl halides is 1. The van der Waals surface area contributed by atoms with Crippen molar-refractivity contribution in [1.82, 2.24) is 5.32 Å². The van der Waals surface area contributed by atoms with Crippen molar-refractivity contribution in [1.29, 1.82) is 0 Å². The summed E-state index contributed by atoms with van der Waals surface area (Å²) in [5, 5.41) is 3.83. The summed E-state index contributed by atoms with van der Waals surface area (Å²) >= 11 is 6.33. The van der Waals surface area contributed by atoms with Crippen LogP contribution in [0.4, 0.5) is 0 Å². The Bertz CT molecular complexity index is 389. The lowest BCUT2D eigenvalue weighted by Crippen LogP contribution is -2.29. The molecule has 0 fully saturated rings. The minimum absolute atomic E-state index is 0.263. The van der Waals surface area contributed by atoms with Crippen LogP contribution in [-0.4, -0.2) is 18.5 Å². The lowest BCUT2D eigenvalue weighted by molar-refractivity contribution is 0.484. The second-order valence-electron chi connectivity index (χ2n) is 6.17. The predicted molar refractivity (Wildman–Crippen MR) is 84.1 cm³/mol. The van der Waals surface area contributed by atoms with Crippen molar-refractivity contribution in [2.24, 2.45) is 5.92 Å². The smallest absolute Gasteiger partial charge is 0.0463 e. The molecule has 0 bridgehead atoms. The fraction of sp³-hybridized carbons (Fsp3) is 0.647. The maximum atomic E-state index is 6.33. The summed E-state index contributed by atoms with van der Waals surface area (Å²) < 4.78 is 0. The Labute approximate surface area is 122 Å². The SMILES string of the molecule is CC(C)CC(Cl)CNCC1CCCc2ccccc21. The molecule has 19 heavy (non-hydrogen) atoms. The second-order valence-corrected chi connectivity index (χ2v) is 6.79. The monoisotopic (exact) mass is 279 g/mol. The van der Waals surface area contributed by atoms with Crippen LogP contribution in [0.15, 0.2) is 24.3 Å². The van der Waals surface area contributed by atoms with Crippen LogP contribution in [0.5, 0.6) is 0 Å². The summed E-state index contributed by atoms with van der Waals surface area (Å²) in [6.07, 6.45) is 4.97. The number of halogens is 1. The molecule has 0 radical (unpaired) electrons. The number of hydrogen-bond acceptors (Lipinski definition) is 1. The molecule has 0 saturated carbocycles. The summed E-state index contributed by atoms with van der Waals surface area (Å²) in [6, 6.07) is 8.91. The van der Waals surface area contributed by atoms with Gasteiger partial charge in [-0.25, -0.2) is 0 Å². The molecule has 106 valence electrons. The topological polar surface area (TPSA) is 12.0 Å². The molecule has 1 N–H and O–H groups in total. The normalized spacial score (nSPS) is 20.3. The van der Waals surface area contributed by atoms with Gasteiger partial charge in [-0.05, 0) is 48.6 Å². The third kappa shape index (κ3) is 4.50. The van der Waals surface area contributed by atoms with E-state index in [1.165, 1.54) is 19.3 Å². The van der Waals surface area contributed by atoms with E-state index >= 15 is 0 Å². The first-order valence-electron chi connectivity index (χ1n) is 7.59. The van der Waals surface area contributed by atoms with Crippen molar-refractivity contribution >= 4 is 11.6 Å². The quantitative estimate of drug-likeness (QED) is 0.764. The number of nitrogens with one attached hydrogen (secondary N) is 1. The van der Waals surface area contributed by atoms with E-state index < -0.39 is 0 Å². The maximum Gasteiger partial charge on any atom is 0.0463 e. The Hall–Kier alpha value is -0.530. The Morgan fingerprint density at radius 3 is 2.89 bits per heavy atom. The van der Waals surface area contributed by atoms with E-state index in [0.29, 0.717) is 11.8 Å². The van der Waals surface area contributed by atoms with Gasteiger partial charge in [-0.15, -0.1) is 11.6 Å². The van der Waals surface area contributed by atoms with Gasteiger partial charge < -0.3 is 5.32 Å². The number of hydrogen-bond donors (Lipinski definition) is 1. The molecule has 2 atom stereocenters. The van der Waals surface area contributed by atoms with Crippen LogP contribution in [-0.2, 0) is 6.42 Å². The molecule has 1 aromatic rings. The van der Waals surface area contributed by atoms with Gasteiger partial charge in [0.05, 0.1) is 0 Å². The summed E-state index contributed by atoms with van der Waals surface area (Å²) in [7, 11) is 0. The lowest BCUT2D eigenvalue weighted by atomic mass is 9.83. The first-order chi connectivity index (χ1) is 9.16. The van der Waals surface area contributed by atoms with Crippen LogP contribution in [0.1, 0.15) is 50.2 Å². The minimum atomic E-state index is 0.263. The molecule has 0 heterocycles. The molecule has 0 aromatic heterocycles. The molecule has 2 heteroatoms. The molecule has 2 unspecified atom stereocenters. The molecule has 0 aliphatic heterocycles. The van der Waals surface area contributed by atoms with E-state index in [9.17, 15) is 0 Å². The fourth-order valence-electron chi connectivity index (χ4n) is 3.08. The van der Waals surface area contributed by atoms with Gasteiger partial charge in [0, 0.05) is 18.5 Å². The highest BCUT2D eigenvalue weighted by molar-refractivity contribution is 6.20. The molecule has 1 aliphatic rings. The van der Waals surface area contributed by atoms with Gasteiger partial charge in [0.15, 0.2) is 0 Å². The fourth-order valence-corrected chi connectivity index (χ4v) is 3.54. The Morgan fingerprint density at radius 2 is 2.11 bits per heavy atom. The standard InChI is InChI=1S/C17H26ClN/c1-13(2)10-16(18)12-19-11-15-8-5-7-14-6-3-4-9-17(14)15/h3-4,6,9,13,15-16,19H,5,7-8,10-12H2,1-2H3. The molecule has 0 spiro atoms. The van der Waals surface area contributed by atoms with Crippen LogP contribution < -0.4 is 5.32 Å². The third-order valence-electron chi connectivity index (χ3n) is 3.98. The number of fused-ring (bicyclic) bond motifs is 1. The first kappa shape index (κ1) is 14.9. The highest BCUT2D eigenvalue weighted by atomic mass is 35.5. The van der Waals surface area contributed by atoms with Gasteiger partial charge >= 0.3 is 0 Å². The third-order valence-corrected chi connectivity index (χ3v) is 4.31. The molecular formula is C17H26ClN. The van der Waals surface area contributed by atoms with Crippen molar-refractivity contribution < 1.29 is 0 Å². The van der Waals surface area contributed by atoms with E-state index in [2.05, 4.69) is 43.4 Å². The highest BCUT2D eigenvalue weighted by Crippen LogP contribution is 2.30. The van der Waals surface area contributed by atoms with Crippen molar-refractivity contribution in [2.75, 3.05) is 13.1 Å². The number of rotatable bonds is 6. The molecule has 0 saturated heterocycles. The molecule has 1 nitrogen and oxygen atoms in total. The van der Waals surface area contributed by atoms with Crippen molar-refractivity contribution in [3.63, 3.8) is 0 Å². The lowest BCUT2D eigenvalue weighted by Gasteiger charge is -2.26. The number of aryl methyl sites for hydroxylation is 1. The Kier molecular flexibility index (Phi) is 5.72. The van der Waals surface area contributed by atoms with E-state index in [4.69, 9.17) is 11.6 Å². The zero-order valence-corrected chi connectivity index (χ0v) is 12.9. The summed E-state index contributed by atoms with van der Waals surface area (Å²) in [6.45, 7) is 6.45. The van der Waals surface area contributed by atoms with Crippen molar-refractivity contribution in [2.45, 2.75) is 50.8 Å². The van der Waals surface area contributed by atoms with E-state index in [0.717, 1.165) is 19.5 Å². The Morgan fingerprint density at radius 1 is 1.32 bits per heavy atom. The minimum Gasteiger partial charge on any atom is -0.315 e. The van der Waals surface area contributed by atoms with E-state index in [1.807, 2.05) is 0 Å². The van der Waals surface area contributed by atoms with Gasteiger partial charge in [0.25, 0.3) is 0 Å². The predicted octanol–water partition coefficient (Wildman–Crippen LogP) is 4.35. The molecule has 2 rings (SSSR count). The zero-order chi connectivity index (χ0) is 13.7. The van der Waals surface area contributed by atoms with Gasteiger partial charge in [-0.2, -0.15) is 0 Å². The van der Waals surface area contributed by atoms with Gasteiger partial charge in [0.1, 0.15) is 0 Å². The molecule has 1 aliphatic carbocycles. The average Bonchev–Trinajstić information content (AvgIpc) is 2.38. The largest absolute Gasteiger partial charge is 0.315 e. The zero-order valence-electron chi connectivity index (χ0n) is 12.2. The Balaban J connectivity index is 1.81. The summed E-state index contributed by atoms with van der Waals surface area (Å²) in [5.41, 5.74) is 3.10. The maximum absolute atomic E-state index is 6.33. The van der Waals surface area contributed by atoms with Crippen LogP contribution >= 0.6 is 11.6 Å². The first-order valence-corrected chi connectivity index (χ1v) is 8.03. The van der Waals surface area contributed by atoms with Crippen molar-refractivity contribution in [3.05, 3.63) is 35.4 Å². The molecule has 0 amide bonds. The summed E-state index contributed by atoms with van der Waals surface area (Å²) in [4.78, 5) is 0. The van der Waals surface area contributed by atoms with Crippen LogP contribution in [0.25, 0.3) is 0 Å². The van der Waals surface area contributed by atoms with Crippen LogP contribution in [0.3, 0.4) is 0 Å². The van der Waals surface area contributed by atoms with Gasteiger partial charge in [-0.1, -0.05) is 38.1 Å². The van der Waals surface area contributed by atoms with Gasteiger partial charge in [-0.3, -0.25) is 0 Å². The summed E-state index contributed by atoms with van der Waals surface area (Å²) in [5.74, 6) is 1.35. The van der Waals surface area contributed by atoms with Crippen LogP contribution in [0.2, 0.25) is 0 Å². The highest BCUT2D eigenvalue weighted by Gasteiger charge is 2.19. The second kappa shape index (κ2) is 7.31. The molecule has 1 aromatic carbocycles. The van der Waals surface area contributed by atoms with E-state index in [1.54, 1.807) is 11.1 Å². The van der Waals surface area contributed by atoms with Crippen LogP contribution in [0, 0.1) is 5.92 Å². The van der Waals surface area contributed by atoms with E-state index in [-0.39, 0.29) is 5.38 Å². The average molecular weight is 280 g/mol. The van der Waals surface area contributed by atoms with Gasteiger partial charge in [0.2, 0.25) is 0 Å². The molecular weight excluding hydrogens is 254 g/mol.